The lowest BCUT2D eigenvalue weighted by Gasteiger charge is -2.12. The van der Waals surface area contributed by atoms with Crippen LogP contribution >= 0.6 is 0 Å². The Morgan fingerprint density at radius 2 is 2.47 bits per heavy atom. The van der Waals surface area contributed by atoms with Crippen molar-refractivity contribution >= 4 is 5.97 Å². The molecule has 2 rings (SSSR count). The maximum Gasteiger partial charge on any atom is 0.355 e. The monoisotopic (exact) mass is 206 g/mol. The number of aryl methyl sites for hydroxylation is 1. The molecule has 1 aromatic rings. The predicted octanol–water partition coefficient (Wildman–Crippen LogP) is 0.934. The zero-order valence-corrected chi connectivity index (χ0v) is 8.10. The largest absolute Gasteiger partial charge is 0.476 e. The van der Waals surface area contributed by atoms with Gasteiger partial charge in [0.15, 0.2) is 11.9 Å². The highest BCUT2D eigenvalue weighted by atomic mass is 16.5. The van der Waals surface area contributed by atoms with E-state index >= 15 is 0 Å². The summed E-state index contributed by atoms with van der Waals surface area (Å²) in [5, 5.41) is 11.5. The molecule has 0 amide bonds. The summed E-state index contributed by atoms with van der Waals surface area (Å²) in [7, 11) is 0. The van der Waals surface area contributed by atoms with Crippen LogP contribution in [-0.4, -0.2) is 16.1 Å². The first-order valence-electron chi connectivity index (χ1n) is 4.45. The number of nitrogens with one attached hydrogen (secondary N) is 1. The molecular formula is C10H10N2O3. The minimum atomic E-state index is -1.02. The van der Waals surface area contributed by atoms with E-state index in [9.17, 15) is 4.79 Å². The first-order chi connectivity index (χ1) is 7.16. The van der Waals surface area contributed by atoms with E-state index < -0.39 is 12.2 Å². The number of aliphatic carboxylic acids is 1. The van der Waals surface area contributed by atoms with E-state index in [0.717, 1.165) is 11.3 Å². The molecular weight excluding hydrogens is 196 g/mol. The van der Waals surface area contributed by atoms with Gasteiger partial charge in [0.1, 0.15) is 6.26 Å². The summed E-state index contributed by atoms with van der Waals surface area (Å²) in [5.41, 5.74) is 1.78. The molecule has 2 heterocycles. The molecule has 1 unspecified atom stereocenters. The molecule has 1 aliphatic rings. The van der Waals surface area contributed by atoms with E-state index in [2.05, 4.69) is 10.3 Å². The van der Waals surface area contributed by atoms with Gasteiger partial charge in [-0.1, -0.05) is 0 Å². The Morgan fingerprint density at radius 3 is 3.07 bits per heavy atom. The third-order valence-corrected chi connectivity index (χ3v) is 2.06. The quantitative estimate of drug-likeness (QED) is 0.753. The minimum Gasteiger partial charge on any atom is -0.476 e. The standard InChI is InChI=1S/C10H10N2O3/c1-6-4-7(2-3-11-6)9-12-8(5-15-9)10(13)14/h2-5,9,12H,1H3,(H,13,14). The van der Waals surface area contributed by atoms with Crippen molar-refractivity contribution < 1.29 is 14.6 Å². The highest BCUT2D eigenvalue weighted by Gasteiger charge is 2.23. The van der Waals surface area contributed by atoms with E-state index in [0.29, 0.717) is 0 Å². The number of carboxylic acid groups (broad SMARTS) is 1. The van der Waals surface area contributed by atoms with Crippen LogP contribution in [-0.2, 0) is 9.53 Å². The Labute approximate surface area is 86.4 Å². The fraction of sp³-hybridized carbons (Fsp3) is 0.200. The molecule has 15 heavy (non-hydrogen) atoms. The number of carbonyl (C=O) groups is 1. The van der Waals surface area contributed by atoms with E-state index in [1.165, 1.54) is 6.26 Å². The van der Waals surface area contributed by atoms with Crippen molar-refractivity contribution in [3.63, 3.8) is 0 Å². The number of ether oxygens (including phenoxy) is 1. The van der Waals surface area contributed by atoms with Crippen LogP contribution in [0.2, 0.25) is 0 Å². The molecule has 0 radical (unpaired) electrons. The maximum absolute atomic E-state index is 10.6. The van der Waals surface area contributed by atoms with Gasteiger partial charge in [-0.3, -0.25) is 4.98 Å². The van der Waals surface area contributed by atoms with Gasteiger partial charge in [0.2, 0.25) is 0 Å². The smallest absolute Gasteiger partial charge is 0.355 e. The Morgan fingerprint density at radius 1 is 1.67 bits per heavy atom. The second kappa shape index (κ2) is 3.61. The summed E-state index contributed by atoms with van der Waals surface area (Å²) >= 11 is 0. The molecule has 0 aliphatic carbocycles. The van der Waals surface area contributed by atoms with Gasteiger partial charge >= 0.3 is 5.97 Å². The van der Waals surface area contributed by atoms with Crippen molar-refractivity contribution in [3.8, 4) is 0 Å². The lowest BCUT2D eigenvalue weighted by molar-refractivity contribution is -0.133. The van der Waals surface area contributed by atoms with Crippen molar-refractivity contribution in [2.45, 2.75) is 13.2 Å². The number of nitrogens with zero attached hydrogens (tertiary/aromatic N) is 1. The molecule has 1 aliphatic heterocycles. The van der Waals surface area contributed by atoms with Gasteiger partial charge in [-0.2, -0.15) is 0 Å². The molecule has 1 atom stereocenters. The third kappa shape index (κ3) is 1.90. The second-order valence-corrected chi connectivity index (χ2v) is 3.23. The number of hydrogen-bond donors (Lipinski definition) is 2. The highest BCUT2D eigenvalue weighted by Crippen LogP contribution is 2.21. The maximum atomic E-state index is 10.6. The summed E-state index contributed by atoms with van der Waals surface area (Å²) in [6.45, 7) is 1.87. The molecule has 0 spiro atoms. The van der Waals surface area contributed by atoms with Gasteiger partial charge in [0.25, 0.3) is 0 Å². The molecule has 1 aromatic heterocycles. The summed E-state index contributed by atoms with van der Waals surface area (Å²) in [4.78, 5) is 14.7. The molecule has 0 saturated heterocycles. The highest BCUT2D eigenvalue weighted by molar-refractivity contribution is 5.85. The first kappa shape index (κ1) is 9.51. The zero-order chi connectivity index (χ0) is 10.8. The Kier molecular flexibility index (Phi) is 2.29. The Hall–Kier alpha value is -2.04. The van der Waals surface area contributed by atoms with Gasteiger partial charge < -0.3 is 15.2 Å². The van der Waals surface area contributed by atoms with Crippen molar-refractivity contribution in [3.05, 3.63) is 41.5 Å². The van der Waals surface area contributed by atoms with Crippen molar-refractivity contribution in [1.82, 2.24) is 10.3 Å². The SMILES string of the molecule is Cc1cc(C2NC(C(=O)O)=CO2)ccn1. The van der Waals surface area contributed by atoms with Crippen molar-refractivity contribution in [2.24, 2.45) is 0 Å². The van der Waals surface area contributed by atoms with E-state index in [1.54, 1.807) is 12.3 Å². The van der Waals surface area contributed by atoms with Crippen molar-refractivity contribution in [1.29, 1.82) is 0 Å². The first-order valence-corrected chi connectivity index (χ1v) is 4.45. The van der Waals surface area contributed by atoms with Gasteiger partial charge in [-0.25, -0.2) is 4.79 Å². The van der Waals surface area contributed by atoms with Crippen LogP contribution in [0.1, 0.15) is 17.5 Å². The average molecular weight is 206 g/mol. The van der Waals surface area contributed by atoms with Crippen LogP contribution in [0.4, 0.5) is 0 Å². The van der Waals surface area contributed by atoms with E-state index in [4.69, 9.17) is 9.84 Å². The predicted molar refractivity (Wildman–Crippen MR) is 51.7 cm³/mol. The molecule has 0 aromatic carbocycles. The molecule has 2 N–H and O–H groups in total. The van der Waals surface area contributed by atoms with Gasteiger partial charge in [-0.15, -0.1) is 0 Å². The molecule has 5 nitrogen and oxygen atoms in total. The fourth-order valence-corrected chi connectivity index (χ4v) is 1.35. The number of carboxylic acids is 1. The number of hydrogen-bond acceptors (Lipinski definition) is 4. The van der Waals surface area contributed by atoms with Crippen LogP contribution < -0.4 is 5.32 Å². The van der Waals surface area contributed by atoms with Crippen molar-refractivity contribution in [2.75, 3.05) is 0 Å². The van der Waals surface area contributed by atoms with Crippen LogP contribution in [0.15, 0.2) is 30.3 Å². The second-order valence-electron chi connectivity index (χ2n) is 3.23. The summed E-state index contributed by atoms with van der Waals surface area (Å²) in [6, 6.07) is 3.62. The Bertz CT molecular complexity index is 428. The van der Waals surface area contributed by atoms with Crippen LogP contribution in [0.5, 0.6) is 0 Å². The number of rotatable bonds is 2. The van der Waals surface area contributed by atoms with Gasteiger partial charge in [0.05, 0.1) is 0 Å². The van der Waals surface area contributed by atoms with Crippen LogP contribution in [0, 0.1) is 6.92 Å². The lowest BCUT2D eigenvalue weighted by Crippen LogP contribution is -2.20. The van der Waals surface area contributed by atoms with Crippen LogP contribution in [0.25, 0.3) is 0 Å². The number of pyridine rings is 1. The molecule has 78 valence electrons. The lowest BCUT2D eigenvalue weighted by atomic mass is 10.2. The minimum absolute atomic E-state index is 0.0643. The zero-order valence-electron chi connectivity index (χ0n) is 8.10. The third-order valence-electron chi connectivity index (χ3n) is 2.06. The molecule has 0 bridgehead atoms. The average Bonchev–Trinajstić information content (AvgIpc) is 2.66. The number of aromatic nitrogens is 1. The summed E-state index contributed by atoms with van der Waals surface area (Å²) in [5.74, 6) is -1.02. The topological polar surface area (TPSA) is 71.5 Å². The molecule has 5 heteroatoms. The summed E-state index contributed by atoms with van der Waals surface area (Å²) in [6.07, 6.45) is 2.44. The van der Waals surface area contributed by atoms with Crippen LogP contribution in [0.3, 0.4) is 0 Å². The molecule has 0 fully saturated rings. The fourth-order valence-electron chi connectivity index (χ4n) is 1.35. The molecule has 0 saturated carbocycles. The normalized spacial score (nSPS) is 19.0. The van der Waals surface area contributed by atoms with Gasteiger partial charge in [-0.05, 0) is 19.1 Å². The Balaban J connectivity index is 2.13. The van der Waals surface area contributed by atoms with E-state index in [-0.39, 0.29) is 5.70 Å². The summed E-state index contributed by atoms with van der Waals surface area (Å²) < 4.78 is 5.19. The van der Waals surface area contributed by atoms with Gasteiger partial charge in [0, 0.05) is 17.5 Å². The van der Waals surface area contributed by atoms with E-state index in [1.807, 2.05) is 13.0 Å².